The number of aliphatic hydroxyl groups is 1. The standard InChI is InChI=1S/C21H19BrFN3O4/c1-21(29,11-22)19(27)25-15(10-24)7-14-4-3-12(8-16(14)23)13-5-6-18-17(9-13)26(2)20(28)30-18/h3-6,8-9,15,29H,7,11H2,1-2H3,(H,25,27)/t15-,21-/m0/s1. The van der Waals surface area contributed by atoms with Gasteiger partial charge in [0.1, 0.15) is 17.5 Å². The lowest BCUT2D eigenvalue weighted by atomic mass is 9.99. The van der Waals surface area contributed by atoms with E-state index < -0.39 is 29.1 Å². The highest BCUT2D eigenvalue weighted by Crippen LogP contribution is 2.26. The minimum atomic E-state index is -1.68. The number of nitrogens with zero attached hydrogens (tertiary/aromatic N) is 2. The summed E-state index contributed by atoms with van der Waals surface area (Å²) in [5, 5.41) is 21.7. The predicted octanol–water partition coefficient (Wildman–Crippen LogP) is 2.63. The fourth-order valence-corrected chi connectivity index (χ4v) is 3.18. The molecular weight excluding hydrogens is 457 g/mol. The molecule has 0 radical (unpaired) electrons. The second kappa shape index (κ2) is 8.42. The van der Waals surface area contributed by atoms with Crippen LogP contribution in [0.1, 0.15) is 12.5 Å². The quantitative estimate of drug-likeness (QED) is 0.532. The molecule has 1 aromatic heterocycles. The minimum absolute atomic E-state index is 0.000353. The Labute approximate surface area is 179 Å². The molecule has 0 bridgehead atoms. The molecule has 0 aliphatic heterocycles. The van der Waals surface area contributed by atoms with Gasteiger partial charge in [-0.3, -0.25) is 9.36 Å². The van der Waals surface area contributed by atoms with Gasteiger partial charge in [0.05, 0.1) is 11.6 Å². The lowest BCUT2D eigenvalue weighted by molar-refractivity contribution is -0.136. The number of aryl methyl sites for hydroxylation is 1. The Hall–Kier alpha value is -2.96. The number of carbonyl (C=O) groups excluding carboxylic acids is 1. The fraction of sp³-hybridized carbons (Fsp3) is 0.286. The lowest BCUT2D eigenvalue weighted by Gasteiger charge is -2.21. The Morgan fingerprint density at radius 2 is 2.03 bits per heavy atom. The first-order valence-corrected chi connectivity index (χ1v) is 10.2. The van der Waals surface area contributed by atoms with Crippen molar-refractivity contribution in [3.05, 3.63) is 58.3 Å². The molecule has 3 rings (SSSR count). The van der Waals surface area contributed by atoms with Gasteiger partial charge in [-0.05, 0) is 41.8 Å². The largest absolute Gasteiger partial charge is 0.419 e. The molecule has 1 heterocycles. The van der Waals surface area contributed by atoms with E-state index in [-0.39, 0.29) is 17.3 Å². The van der Waals surface area contributed by atoms with Crippen LogP contribution in [0.25, 0.3) is 22.2 Å². The van der Waals surface area contributed by atoms with E-state index in [1.807, 2.05) is 6.07 Å². The SMILES string of the molecule is Cn1c(=O)oc2ccc(-c3ccc(C[C@@H](C#N)NC(=O)[C@@](C)(O)CBr)c(F)c3)cc21. The summed E-state index contributed by atoms with van der Waals surface area (Å²) < 4.78 is 21.2. The molecule has 0 saturated heterocycles. The van der Waals surface area contributed by atoms with E-state index in [0.29, 0.717) is 22.2 Å². The van der Waals surface area contributed by atoms with E-state index in [2.05, 4.69) is 21.2 Å². The zero-order chi connectivity index (χ0) is 22.1. The van der Waals surface area contributed by atoms with Crippen LogP contribution in [0.4, 0.5) is 4.39 Å². The molecule has 0 fully saturated rings. The second-order valence-electron chi connectivity index (χ2n) is 7.18. The van der Waals surface area contributed by atoms with Crippen LogP contribution in [0.15, 0.2) is 45.6 Å². The molecule has 2 aromatic carbocycles. The maximum Gasteiger partial charge on any atom is 0.419 e. The number of hydrogen-bond donors (Lipinski definition) is 2. The van der Waals surface area contributed by atoms with E-state index >= 15 is 0 Å². The molecule has 0 aliphatic rings. The third-order valence-corrected chi connectivity index (χ3v) is 5.90. The fourth-order valence-electron chi connectivity index (χ4n) is 2.92. The number of oxazole rings is 1. The maximum atomic E-state index is 14.7. The average Bonchev–Trinajstić information content (AvgIpc) is 3.01. The van der Waals surface area contributed by atoms with Crippen molar-refractivity contribution in [2.24, 2.45) is 7.05 Å². The minimum Gasteiger partial charge on any atom is -0.408 e. The average molecular weight is 476 g/mol. The lowest BCUT2D eigenvalue weighted by Crippen LogP contribution is -2.49. The number of alkyl halides is 1. The summed E-state index contributed by atoms with van der Waals surface area (Å²) in [6.45, 7) is 1.31. The Kier molecular flexibility index (Phi) is 6.10. The van der Waals surface area contributed by atoms with Gasteiger partial charge in [-0.1, -0.05) is 34.1 Å². The van der Waals surface area contributed by atoms with E-state index in [1.54, 1.807) is 37.4 Å². The number of fused-ring (bicyclic) bond motifs is 1. The summed E-state index contributed by atoms with van der Waals surface area (Å²) in [5.74, 6) is -1.73. The van der Waals surface area contributed by atoms with Crippen molar-refractivity contribution in [1.29, 1.82) is 5.26 Å². The van der Waals surface area contributed by atoms with Crippen molar-refractivity contribution in [1.82, 2.24) is 9.88 Å². The van der Waals surface area contributed by atoms with Crippen LogP contribution in [-0.2, 0) is 18.3 Å². The molecule has 30 heavy (non-hydrogen) atoms. The number of carbonyl (C=O) groups is 1. The monoisotopic (exact) mass is 475 g/mol. The van der Waals surface area contributed by atoms with Gasteiger partial charge in [0.25, 0.3) is 5.91 Å². The molecule has 0 spiro atoms. The van der Waals surface area contributed by atoms with Gasteiger partial charge in [0.2, 0.25) is 0 Å². The van der Waals surface area contributed by atoms with Crippen molar-refractivity contribution >= 4 is 32.9 Å². The molecule has 1 amide bonds. The van der Waals surface area contributed by atoms with Crippen LogP contribution in [-0.4, -0.2) is 32.6 Å². The molecule has 2 N–H and O–H groups in total. The van der Waals surface area contributed by atoms with Gasteiger partial charge in [0.15, 0.2) is 5.58 Å². The zero-order valence-electron chi connectivity index (χ0n) is 16.3. The van der Waals surface area contributed by atoms with Crippen LogP contribution < -0.4 is 11.1 Å². The second-order valence-corrected chi connectivity index (χ2v) is 7.74. The summed E-state index contributed by atoms with van der Waals surface area (Å²) in [5.41, 5.74) is 0.891. The summed E-state index contributed by atoms with van der Waals surface area (Å²) in [7, 11) is 1.59. The number of aromatic nitrogens is 1. The van der Waals surface area contributed by atoms with Gasteiger partial charge in [-0.2, -0.15) is 5.26 Å². The maximum absolute atomic E-state index is 14.7. The Bertz CT molecular complexity index is 1210. The van der Waals surface area contributed by atoms with Crippen LogP contribution in [0.3, 0.4) is 0 Å². The molecule has 2 atom stereocenters. The number of halogens is 2. The van der Waals surface area contributed by atoms with Gasteiger partial charge >= 0.3 is 5.76 Å². The van der Waals surface area contributed by atoms with Gasteiger partial charge in [-0.25, -0.2) is 9.18 Å². The predicted molar refractivity (Wildman–Crippen MR) is 113 cm³/mol. The highest BCUT2D eigenvalue weighted by atomic mass is 79.9. The first kappa shape index (κ1) is 21.7. The summed E-state index contributed by atoms with van der Waals surface area (Å²) in [6, 6.07) is 10.6. The molecular formula is C21H19BrFN3O4. The topological polar surface area (TPSA) is 108 Å². The molecule has 156 valence electrons. The Morgan fingerprint density at radius 1 is 1.37 bits per heavy atom. The summed E-state index contributed by atoms with van der Waals surface area (Å²) in [6.07, 6.45) is -0.0536. The van der Waals surface area contributed by atoms with Gasteiger partial charge in [0, 0.05) is 18.8 Å². The molecule has 0 saturated carbocycles. The van der Waals surface area contributed by atoms with Crippen molar-refractivity contribution in [3.8, 4) is 17.2 Å². The normalized spacial score (nSPS) is 14.1. The summed E-state index contributed by atoms with van der Waals surface area (Å²) >= 11 is 3.03. The highest BCUT2D eigenvalue weighted by Gasteiger charge is 2.30. The first-order chi connectivity index (χ1) is 14.2. The Balaban J connectivity index is 1.83. The molecule has 0 unspecified atom stereocenters. The van der Waals surface area contributed by atoms with Crippen molar-refractivity contribution < 1.29 is 18.7 Å². The van der Waals surface area contributed by atoms with E-state index in [4.69, 9.17) is 4.42 Å². The van der Waals surface area contributed by atoms with E-state index in [1.165, 1.54) is 17.6 Å². The highest BCUT2D eigenvalue weighted by molar-refractivity contribution is 9.09. The van der Waals surface area contributed by atoms with Gasteiger partial charge < -0.3 is 14.8 Å². The number of nitriles is 1. The van der Waals surface area contributed by atoms with Crippen LogP contribution >= 0.6 is 15.9 Å². The van der Waals surface area contributed by atoms with Crippen molar-refractivity contribution in [2.45, 2.75) is 25.0 Å². The van der Waals surface area contributed by atoms with E-state index in [0.717, 1.165) is 0 Å². The molecule has 7 nitrogen and oxygen atoms in total. The molecule has 0 aliphatic carbocycles. The number of rotatable bonds is 6. The third kappa shape index (κ3) is 4.30. The number of amides is 1. The van der Waals surface area contributed by atoms with Crippen LogP contribution in [0.5, 0.6) is 0 Å². The molecule has 9 heteroatoms. The first-order valence-electron chi connectivity index (χ1n) is 9.03. The van der Waals surface area contributed by atoms with Crippen LogP contribution in [0, 0.1) is 17.1 Å². The molecule has 3 aromatic rings. The number of hydrogen-bond acceptors (Lipinski definition) is 5. The van der Waals surface area contributed by atoms with Crippen LogP contribution in [0.2, 0.25) is 0 Å². The van der Waals surface area contributed by atoms with Gasteiger partial charge in [-0.15, -0.1) is 0 Å². The number of nitrogens with one attached hydrogen (secondary N) is 1. The Morgan fingerprint density at radius 3 is 2.67 bits per heavy atom. The van der Waals surface area contributed by atoms with Crippen molar-refractivity contribution in [2.75, 3.05) is 5.33 Å². The zero-order valence-corrected chi connectivity index (χ0v) is 17.9. The summed E-state index contributed by atoms with van der Waals surface area (Å²) in [4.78, 5) is 23.7. The van der Waals surface area contributed by atoms with Crippen molar-refractivity contribution in [3.63, 3.8) is 0 Å². The smallest absolute Gasteiger partial charge is 0.408 e. The third-order valence-electron chi connectivity index (χ3n) is 4.81. The number of benzene rings is 2. The van der Waals surface area contributed by atoms with E-state index in [9.17, 15) is 24.3 Å².